The molecular weight excluding hydrogens is 347 g/mol. The molecule has 0 bridgehead atoms. The lowest BCUT2D eigenvalue weighted by atomic mass is 10.1. The van der Waals surface area contributed by atoms with Gasteiger partial charge in [0.25, 0.3) is 0 Å². The number of H-pyrrole nitrogens is 1. The van der Waals surface area contributed by atoms with E-state index in [4.69, 9.17) is 11.6 Å². The molecule has 0 spiro atoms. The molecule has 1 heterocycles. The maximum absolute atomic E-state index is 13.2. The lowest BCUT2D eigenvalue weighted by molar-refractivity contribution is 0.627. The molecule has 3 aromatic rings. The number of thioether (sulfide) groups is 1. The highest BCUT2D eigenvalue weighted by molar-refractivity contribution is 7.98. The fourth-order valence-electron chi connectivity index (χ4n) is 2.21. The van der Waals surface area contributed by atoms with Crippen molar-refractivity contribution in [3.8, 4) is 11.3 Å². The summed E-state index contributed by atoms with van der Waals surface area (Å²) < 4.78 is 13.2. The number of halogens is 2. The fraction of sp³-hybridized carbons (Fsp3) is 0.118. The molecular formula is C17H14ClFN4S. The molecule has 0 saturated heterocycles. The van der Waals surface area contributed by atoms with Crippen LogP contribution in [0.5, 0.6) is 0 Å². The molecule has 0 fully saturated rings. The number of aromatic nitrogens is 3. The van der Waals surface area contributed by atoms with Gasteiger partial charge in [-0.25, -0.2) is 4.39 Å². The Labute approximate surface area is 148 Å². The van der Waals surface area contributed by atoms with Gasteiger partial charge in [-0.1, -0.05) is 29.8 Å². The van der Waals surface area contributed by atoms with Gasteiger partial charge >= 0.3 is 0 Å². The van der Waals surface area contributed by atoms with Crippen molar-refractivity contribution < 1.29 is 4.39 Å². The molecule has 122 valence electrons. The Morgan fingerprint density at radius 3 is 2.92 bits per heavy atom. The third-order valence-electron chi connectivity index (χ3n) is 3.32. The number of aliphatic imine (C=N–C) groups is 1. The van der Waals surface area contributed by atoms with Crippen LogP contribution in [0.2, 0.25) is 5.02 Å². The maximum atomic E-state index is 13.2. The Morgan fingerprint density at radius 2 is 2.12 bits per heavy atom. The Hall–Kier alpha value is -2.18. The first-order chi connectivity index (χ1) is 11.7. The predicted molar refractivity (Wildman–Crippen MR) is 96.3 cm³/mol. The molecule has 0 aliphatic carbocycles. The molecule has 0 unspecified atom stereocenters. The van der Waals surface area contributed by atoms with Crippen LogP contribution in [0.25, 0.3) is 11.3 Å². The lowest BCUT2D eigenvalue weighted by Gasteiger charge is -2.05. The minimum Gasteiger partial charge on any atom is -0.294 e. The molecule has 2 aromatic carbocycles. The normalized spacial score (nSPS) is 11.3. The molecule has 0 saturated carbocycles. The third-order valence-corrected chi connectivity index (χ3v) is 4.68. The van der Waals surface area contributed by atoms with Gasteiger partial charge < -0.3 is 0 Å². The number of hydrogen-bond acceptors (Lipinski definition) is 4. The first-order valence-corrected chi connectivity index (χ1v) is 8.54. The largest absolute Gasteiger partial charge is 0.294 e. The van der Waals surface area contributed by atoms with Gasteiger partial charge in [-0.3, -0.25) is 4.99 Å². The standard InChI is InChI=1S/C17H14ClFN4S/c1-20-9-16-17(22-23-21-16)12-4-2-3-11(7-12)10-24-13-5-6-15(19)14(18)8-13/h2-9H,10H2,1H3,(H,21,22,23). The van der Waals surface area contributed by atoms with Gasteiger partial charge in [-0.15, -0.1) is 11.8 Å². The van der Waals surface area contributed by atoms with E-state index in [-0.39, 0.29) is 5.02 Å². The molecule has 1 N–H and O–H groups in total. The summed E-state index contributed by atoms with van der Waals surface area (Å²) in [4.78, 5) is 4.91. The first-order valence-electron chi connectivity index (χ1n) is 7.17. The number of nitrogens with zero attached hydrogens (tertiary/aromatic N) is 3. The summed E-state index contributed by atoms with van der Waals surface area (Å²) in [6, 6.07) is 12.8. The maximum Gasteiger partial charge on any atom is 0.141 e. The van der Waals surface area contributed by atoms with E-state index in [9.17, 15) is 4.39 Å². The van der Waals surface area contributed by atoms with Gasteiger partial charge in [-0.05, 0) is 29.8 Å². The average molecular weight is 361 g/mol. The molecule has 0 radical (unpaired) electrons. The van der Waals surface area contributed by atoms with Crippen molar-refractivity contribution in [2.75, 3.05) is 7.05 Å². The number of rotatable bonds is 5. The van der Waals surface area contributed by atoms with Gasteiger partial charge in [0.05, 0.1) is 11.2 Å². The molecule has 1 aromatic heterocycles. The van der Waals surface area contributed by atoms with Crippen LogP contribution in [0.1, 0.15) is 11.3 Å². The van der Waals surface area contributed by atoms with E-state index in [1.165, 1.54) is 6.07 Å². The zero-order chi connectivity index (χ0) is 16.9. The third kappa shape index (κ3) is 3.83. The highest BCUT2D eigenvalue weighted by Crippen LogP contribution is 2.28. The average Bonchev–Trinajstić information content (AvgIpc) is 3.05. The summed E-state index contributed by atoms with van der Waals surface area (Å²) in [6.07, 6.45) is 1.67. The monoisotopic (exact) mass is 360 g/mol. The lowest BCUT2D eigenvalue weighted by Crippen LogP contribution is -1.89. The predicted octanol–water partition coefficient (Wildman–Crippen LogP) is 4.61. The molecule has 4 nitrogen and oxygen atoms in total. The zero-order valence-electron chi connectivity index (χ0n) is 12.8. The Bertz CT molecular complexity index is 879. The van der Waals surface area contributed by atoms with Crippen molar-refractivity contribution in [1.82, 2.24) is 15.4 Å². The highest BCUT2D eigenvalue weighted by Gasteiger charge is 2.09. The van der Waals surface area contributed by atoms with Gasteiger partial charge in [0.1, 0.15) is 17.2 Å². The summed E-state index contributed by atoms with van der Waals surface area (Å²) >= 11 is 7.41. The molecule has 7 heteroatoms. The van der Waals surface area contributed by atoms with E-state index in [1.54, 1.807) is 37.2 Å². The molecule has 0 aliphatic heterocycles. The van der Waals surface area contributed by atoms with Crippen molar-refractivity contribution in [2.45, 2.75) is 10.6 Å². The van der Waals surface area contributed by atoms with E-state index in [0.717, 1.165) is 27.5 Å². The van der Waals surface area contributed by atoms with Crippen LogP contribution < -0.4 is 0 Å². The molecule has 24 heavy (non-hydrogen) atoms. The van der Waals surface area contributed by atoms with Crippen LogP contribution in [-0.4, -0.2) is 28.7 Å². The van der Waals surface area contributed by atoms with Crippen LogP contribution in [-0.2, 0) is 5.75 Å². The second-order valence-corrected chi connectivity index (χ2v) is 6.47. The van der Waals surface area contributed by atoms with E-state index in [1.807, 2.05) is 18.2 Å². The second kappa shape index (κ2) is 7.59. The summed E-state index contributed by atoms with van der Waals surface area (Å²) in [5.41, 5.74) is 3.55. The summed E-state index contributed by atoms with van der Waals surface area (Å²) in [5.74, 6) is 0.337. The van der Waals surface area contributed by atoms with Gasteiger partial charge in [-0.2, -0.15) is 15.4 Å². The Balaban J connectivity index is 1.78. The van der Waals surface area contributed by atoms with E-state index >= 15 is 0 Å². The van der Waals surface area contributed by atoms with Crippen LogP contribution in [0.3, 0.4) is 0 Å². The van der Waals surface area contributed by atoms with Gasteiger partial charge in [0.2, 0.25) is 0 Å². The quantitative estimate of drug-likeness (QED) is 0.534. The van der Waals surface area contributed by atoms with Crippen molar-refractivity contribution in [3.63, 3.8) is 0 Å². The molecule has 0 atom stereocenters. The molecule has 3 rings (SSSR count). The van der Waals surface area contributed by atoms with Crippen molar-refractivity contribution in [2.24, 2.45) is 4.99 Å². The SMILES string of the molecule is CN=Cc1n[nH]nc1-c1cccc(CSc2ccc(F)c(Cl)c2)c1. The smallest absolute Gasteiger partial charge is 0.141 e. The Kier molecular flexibility index (Phi) is 5.27. The fourth-order valence-corrected chi connectivity index (χ4v) is 3.33. The van der Waals surface area contributed by atoms with Crippen LogP contribution in [0.15, 0.2) is 52.4 Å². The van der Waals surface area contributed by atoms with Crippen LogP contribution >= 0.6 is 23.4 Å². The van der Waals surface area contributed by atoms with E-state index in [0.29, 0.717) is 5.69 Å². The van der Waals surface area contributed by atoms with Gasteiger partial charge in [0.15, 0.2) is 0 Å². The molecule has 0 amide bonds. The summed E-state index contributed by atoms with van der Waals surface area (Å²) in [7, 11) is 1.69. The number of benzene rings is 2. The van der Waals surface area contributed by atoms with Gasteiger partial charge in [0, 0.05) is 23.3 Å². The minimum atomic E-state index is -0.404. The summed E-state index contributed by atoms with van der Waals surface area (Å²) in [6.45, 7) is 0. The first kappa shape index (κ1) is 16.7. The summed E-state index contributed by atoms with van der Waals surface area (Å²) in [5, 5.41) is 11.0. The number of aromatic amines is 1. The number of nitrogens with one attached hydrogen (secondary N) is 1. The molecule has 0 aliphatic rings. The van der Waals surface area contributed by atoms with Crippen LogP contribution in [0.4, 0.5) is 4.39 Å². The van der Waals surface area contributed by atoms with E-state index < -0.39 is 5.82 Å². The zero-order valence-corrected chi connectivity index (χ0v) is 14.4. The number of hydrogen-bond donors (Lipinski definition) is 1. The second-order valence-electron chi connectivity index (χ2n) is 5.01. The van der Waals surface area contributed by atoms with Crippen molar-refractivity contribution in [1.29, 1.82) is 0 Å². The Morgan fingerprint density at radius 1 is 1.25 bits per heavy atom. The topological polar surface area (TPSA) is 53.9 Å². The van der Waals surface area contributed by atoms with Crippen molar-refractivity contribution >= 4 is 29.6 Å². The highest BCUT2D eigenvalue weighted by atomic mass is 35.5. The van der Waals surface area contributed by atoms with Crippen LogP contribution in [0, 0.1) is 5.82 Å². The van der Waals surface area contributed by atoms with Crippen molar-refractivity contribution in [3.05, 3.63) is 64.6 Å². The minimum absolute atomic E-state index is 0.139. The van der Waals surface area contributed by atoms with E-state index in [2.05, 4.69) is 26.5 Å².